The van der Waals surface area contributed by atoms with Gasteiger partial charge in [0.2, 0.25) is 0 Å². The van der Waals surface area contributed by atoms with E-state index in [1.54, 1.807) is 0 Å². The molecule has 19 heavy (non-hydrogen) atoms. The van der Waals surface area contributed by atoms with Crippen molar-refractivity contribution in [3.63, 3.8) is 0 Å². The topological polar surface area (TPSA) is 63.2 Å². The summed E-state index contributed by atoms with van der Waals surface area (Å²) in [5.74, 6) is 1.46. The van der Waals surface area contributed by atoms with Crippen molar-refractivity contribution in [1.82, 2.24) is 5.32 Å². The van der Waals surface area contributed by atoms with E-state index in [1.807, 2.05) is 0 Å². The van der Waals surface area contributed by atoms with Crippen LogP contribution in [0.15, 0.2) is 0 Å². The Hall–Kier alpha value is -0.420. The van der Waals surface area contributed by atoms with Gasteiger partial charge in [-0.15, -0.1) is 0 Å². The molecule has 1 aliphatic heterocycles. The Morgan fingerprint density at radius 1 is 1.32 bits per heavy atom. The number of sulfone groups is 1. The summed E-state index contributed by atoms with van der Waals surface area (Å²) >= 11 is 0. The molecule has 3 unspecified atom stereocenters. The van der Waals surface area contributed by atoms with Gasteiger partial charge in [0.15, 0.2) is 9.84 Å². The van der Waals surface area contributed by atoms with E-state index in [0.29, 0.717) is 18.9 Å². The molecule has 5 heteroatoms. The zero-order chi connectivity index (χ0) is 13.9. The summed E-state index contributed by atoms with van der Waals surface area (Å²) in [7, 11) is -2.94. The zero-order valence-corrected chi connectivity index (χ0v) is 12.5. The Bertz CT molecular complexity index is 418. The van der Waals surface area contributed by atoms with E-state index in [-0.39, 0.29) is 29.2 Å². The molecule has 3 atom stereocenters. The van der Waals surface area contributed by atoms with Gasteiger partial charge in [0.25, 0.3) is 0 Å². The van der Waals surface area contributed by atoms with E-state index < -0.39 is 9.84 Å². The standard InChI is InChI=1S/C14H25NO3S/c1-2-11-4-3-5-12(8-11)14(16)9-13-10-19(17,18)7-6-15-13/h11-13,15H,2-10H2,1H3. The second kappa shape index (κ2) is 6.35. The maximum absolute atomic E-state index is 12.3. The molecule has 1 N–H and O–H groups in total. The molecular weight excluding hydrogens is 262 g/mol. The van der Waals surface area contributed by atoms with Gasteiger partial charge in [0.1, 0.15) is 5.78 Å². The normalized spacial score (nSPS) is 34.9. The molecule has 0 aromatic rings. The first kappa shape index (κ1) is 15.0. The van der Waals surface area contributed by atoms with Gasteiger partial charge >= 0.3 is 0 Å². The van der Waals surface area contributed by atoms with Crippen LogP contribution < -0.4 is 5.32 Å². The molecule has 2 fully saturated rings. The molecule has 2 aliphatic rings. The largest absolute Gasteiger partial charge is 0.312 e. The number of hydrogen-bond acceptors (Lipinski definition) is 4. The molecule has 2 rings (SSSR count). The van der Waals surface area contributed by atoms with Gasteiger partial charge in [-0.25, -0.2) is 8.42 Å². The number of carbonyl (C=O) groups excluding carboxylic acids is 1. The fourth-order valence-corrected chi connectivity index (χ4v) is 4.81. The van der Waals surface area contributed by atoms with Crippen LogP contribution in [0, 0.1) is 11.8 Å². The summed E-state index contributed by atoms with van der Waals surface area (Å²) < 4.78 is 23.1. The Morgan fingerprint density at radius 2 is 2.11 bits per heavy atom. The van der Waals surface area contributed by atoms with Crippen LogP contribution in [0.2, 0.25) is 0 Å². The van der Waals surface area contributed by atoms with Crippen molar-refractivity contribution in [3.8, 4) is 0 Å². The van der Waals surface area contributed by atoms with Crippen molar-refractivity contribution in [2.24, 2.45) is 11.8 Å². The zero-order valence-electron chi connectivity index (χ0n) is 11.7. The SMILES string of the molecule is CCC1CCCC(C(=O)CC2CS(=O)(=O)CCN2)C1. The van der Waals surface area contributed by atoms with E-state index in [4.69, 9.17) is 0 Å². The number of rotatable bonds is 4. The highest BCUT2D eigenvalue weighted by Crippen LogP contribution is 2.32. The highest BCUT2D eigenvalue weighted by atomic mass is 32.2. The summed E-state index contributed by atoms with van der Waals surface area (Å²) in [6.45, 7) is 2.68. The van der Waals surface area contributed by atoms with Crippen molar-refractivity contribution in [2.75, 3.05) is 18.1 Å². The molecule has 1 heterocycles. The fraction of sp³-hybridized carbons (Fsp3) is 0.929. The molecule has 1 aliphatic carbocycles. The molecular formula is C14H25NO3S. The Labute approximate surface area is 116 Å². The fourth-order valence-electron chi connectivity index (χ4n) is 3.36. The van der Waals surface area contributed by atoms with Crippen LogP contribution >= 0.6 is 0 Å². The van der Waals surface area contributed by atoms with Crippen LogP contribution in [0.25, 0.3) is 0 Å². The predicted octanol–water partition coefficient (Wildman–Crippen LogP) is 1.55. The average Bonchev–Trinajstić information content (AvgIpc) is 2.37. The van der Waals surface area contributed by atoms with E-state index in [1.165, 1.54) is 6.42 Å². The minimum Gasteiger partial charge on any atom is -0.312 e. The lowest BCUT2D eigenvalue weighted by Gasteiger charge is -2.29. The van der Waals surface area contributed by atoms with Crippen LogP contribution in [0.5, 0.6) is 0 Å². The molecule has 4 nitrogen and oxygen atoms in total. The highest BCUT2D eigenvalue weighted by Gasteiger charge is 2.31. The molecule has 0 spiro atoms. The highest BCUT2D eigenvalue weighted by molar-refractivity contribution is 7.91. The monoisotopic (exact) mass is 287 g/mol. The molecule has 1 saturated carbocycles. The van der Waals surface area contributed by atoms with Crippen molar-refractivity contribution in [1.29, 1.82) is 0 Å². The molecule has 0 amide bonds. The van der Waals surface area contributed by atoms with Crippen LogP contribution in [-0.4, -0.2) is 38.3 Å². The second-order valence-corrected chi connectivity index (χ2v) is 8.30. The summed E-state index contributed by atoms with van der Waals surface area (Å²) in [4.78, 5) is 12.3. The molecule has 110 valence electrons. The predicted molar refractivity (Wildman–Crippen MR) is 75.8 cm³/mol. The molecule has 1 saturated heterocycles. The van der Waals surface area contributed by atoms with Crippen LogP contribution in [0.4, 0.5) is 0 Å². The van der Waals surface area contributed by atoms with E-state index >= 15 is 0 Å². The second-order valence-electron chi connectivity index (χ2n) is 6.07. The first-order valence-corrected chi connectivity index (χ1v) is 9.29. The van der Waals surface area contributed by atoms with Gasteiger partial charge in [-0.2, -0.15) is 0 Å². The van der Waals surface area contributed by atoms with Gasteiger partial charge in [-0.05, 0) is 18.8 Å². The van der Waals surface area contributed by atoms with Gasteiger partial charge in [-0.3, -0.25) is 4.79 Å². The summed E-state index contributed by atoms with van der Waals surface area (Å²) in [6, 6.07) is -0.159. The van der Waals surface area contributed by atoms with Crippen LogP contribution in [0.3, 0.4) is 0 Å². The Morgan fingerprint density at radius 3 is 2.79 bits per heavy atom. The van der Waals surface area contributed by atoms with Gasteiger partial charge in [-0.1, -0.05) is 26.2 Å². The Balaban J connectivity index is 1.86. The molecule has 0 aromatic carbocycles. The lowest BCUT2D eigenvalue weighted by atomic mass is 9.77. The number of carbonyl (C=O) groups is 1. The molecule has 0 aromatic heterocycles. The third kappa shape index (κ3) is 4.28. The van der Waals surface area contributed by atoms with Crippen molar-refractivity contribution >= 4 is 15.6 Å². The Kier molecular flexibility index (Phi) is 5.01. The number of Topliss-reactive ketones (excluding diaryl/α,β-unsaturated/α-hetero) is 1. The maximum atomic E-state index is 12.3. The lowest BCUT2D eigenvalue weighted by molar-refractivity contribution is -0.124. The minimum absolute atomic E-state index is 0.128. The van der Waals surface area contributed by atoms with Crippen molar-refractivity contribution in [3.05, 3.63) is 0 Å². The van der Waals surface area contributed by atoms with E-state index in [2.05, 4.69) is 12.2 Å². The lowest BCUT2D eigenvalue weighted by Crippen LogP contribution is -2.46. The quantitative estimate of drug-likeness (QED) is 0.852. The third-order valence-electron chi connectivity index (χ3n) is 4.56. The third-order valence-corrected chi connectivity index (χ3v) is 6.30. The smallest absolute Gasteiger partial charge is 0.153 e. The number of nitrogens with one attached hydrogen (secondary N) is 1. The average molecular weight is 287 g/mol. The van der Waals surface area contributed by atoms with Gasteiger partial charge in [0.05, 0.1) is 11.5 Å². The summed E-state index contributed by atoms with van der Waals surface area (Å²) in [5.41, 5.74) is 0. The van der Waals surface area contributed by atoms with E-state index in [0.717, 1.165) is 25.7 Å². The van der Waals surface area contributed by atoms with E-state index in [9.17, 15) is 13.2 Å². The first-order valence-electron chi connectivity index (χ1n) is 7.46. The van der Waals surface area contributed by atoms with Gasteiger partial charge in [0, 0.05) is 24.9 Å². The minimum atomic E-state index is -2.94. The number of ketones is 1. The van der Waals surface area contributed by atoms with Crippen molar-refractivity contribution in [2.45, 2.75) is 51.5 Å². The van der Waals surface area contributed by atoms with Crippen molar-refractivity contribution < 1.29 is 13.2 Å². The number of hydrogen-bond donors (Lipinski definition) is 1. The molecule has 0 radical (unpaired) electrons. The maximum Gasteiger partial charge on any atom is 0.153 e. The molecule has 0 bridgehead atoms. The van der Waals surface area contributed by atoms with Gasteiger partial charge < -0.3 is 5.32 Å². The van der Waals surface area contributed by atoms with Crippen LogP contribution in [0.1, 0.15) is 45.4 Å². The first-order chi connectivity index (χ1) is 9.00. The van der Waals surface area contributed by atoms with Crippen LogP contribution in [-0.2, 0) is 14.6 Å². The summed E-state index contributed by atoms with van der Waals surface area (Å²) in [6.07, 6.45) is 5.94. The summed E-state index contributed by atoms with van der Waals surface area (Å²) in [5, 5.41) is 3.17.